The Morgan fingerprint density at radius 1 is 0.478 bits per heavy atom. The Morgan fingerprint density at radius 3 is 1.16 bits per heavy atom. The molecule has 0 aliphatic carbocycles. The van der Waals surface area contributed by atoms with Crippen molar-refractivity contribution in [1.29, 1.82) is 0 Å². The molecule has 392 valence electrons. The van der Waals surface area contributed by atoms with Crippen molar-refractivity contribution in [2.45, 2.75) is 226 Å². The average molecular weight is 989 g/mol. The number of hydrogen-bond donors (Lipinski definition) is 7. The third-order valence-corrected chi connectivity index (χ3v) is 13.7. The molecule has 8 fully saturated rings. The van der Waals surface area contributed by atoms with Crippen LogP contribution in [0.4, 0.5) is 0 Å². The highest BCUT2D eigenvalue weighted by molar-refractivity contribution is 5.82. The molecule has 69 heavy (non-hydrogen) atoms. The van der Waals surface area contributed by atoms with E-state index in [0.29, 0.717) is 0 Å². The van der Waals surface area contributed by atoms with Crippen molar-refractivity contribution < 1.29 is 90.6 Å². The van der Waals surface area contributed by atoms with E-state index in [4.69, 9.17) is 83.5 Å². The van der Waals surface area contributed by atoms with Crippen LogP contribution in [0.15, 0.2) is 0 Å². The van der Waals surface area contributed by atoms with Crippen molar-refractivity contribution in [3.05, 3.63) is 0 Å². The Bertz CT molecular complexity index is 1900. The summed E-state index contributed by atoms with van der Waals surface area (Å²) < 4.78 is 85.5. The smallest absolute Gasteiger partial charge is 0.305 e. The lowest BCUT2D eigenvalue weighted by atomic mass is 9.96. The van der Waals surface area contributed by atoms with Gasteiger partial charge < -0.3 is 105 Å². The largest absolute Gasteiger partial charge is 0.481 e. The molecule has 0 aromatic heterocycles. The molecule has 8 rings (SSSR count). The van der Waals surface area contributed by atoms with E-state index in [2.05, 4.69) is 16.0 Å². The molecule has 25 heteroatoms. The molecule has 10 N–H and O–H groups in total. The first-order valence-electron chi connectivity index (χ1n) is 23.7. The number of aliphatic carboxylic acids is 1. The number of nitrogens with two attached hydrogens (primary N) is 3. The third kappa shape index (κ3) is 11.1. The van der Waals surface area contributed by atoms with E-state index in [0.717, 1.165) is 0 Å². The molecule has 8 heterocycles. The van der Waals surface area contributed by atoms with Crippen molar-refractivity contribution in [1.82, 2.24) is 16.0 Å². The van der Waals surface area contributed by atoms with Gasteiger partial charge >= 0.3 is 5.97 Å². The molecule has 0 saturated carbocycles. The fourth-order valence-electron chi connectivity index (χ4n) is 11.2. The van der Waals surface area contributed by atoms with Crippen LogP contribution in [0, 0.1) is 0 Å². The standard InChI is InChI=1S/C44H72N6O19/c1-41(2)62-31-21(15-45)58-27(33(31)64-41)17(47)11-23(51)48-18(29-35-37(39(56-9)60-29)68-43(5,6)66-35)12-24(52)49-19(30-36-38(40(57-10)61-30)69-44(7,8)67-36)13-25(53)50-20(14-26(54)55)28-34-32(22(16-46)59-28)63-42(3,4)65-34/h17-22,27-40H,11-16,45-47H2,1-10H3,(H,48,51)(H,49,52)(H,50,53)(H,54,55)/t17-,18+,19-,20+,21-,22-,27-,28-,29-,30-,31-,32-,33+,34+,35+,36+,37+,38+,39+,40+/m1/s1. The normalized spacial score (nSPS) is 41.4. The zero-order chi connectivity index (χ0) is 50.1. The summed E-state index contributed by atoms with van der Waals surface area (Å²) in [5, 5.41) is 18.8. The quantitative estimate of drug-likeness (QED) is 0.0715. The summed E-state index contributed by atoms with van der Waals surface area (Å²) in [4.78, 5) is 55.4. The highest BCUT2D eigenvalue weighted by Crippen LogP contribution is 2.44. The van der Waals surface area contributed by atoms with E-state index in [1.165, 1.54) is 14.2 Å². The topological polar surface area (TPSA) is 332 Å². The number of ether oxygens (including phenoxy) is 14. The van der Waals surface area contributed by atoms with Gasteiger partial charge in [0.1, 0.15) is 73.2 Å². The summed E-state index contributed by atoms with van der Waals surface area (Å²) >= 11 is 0. The summed E-state index contributed by atoms with van der Waals surface area (Å²) in [7, 11) is 2.87. The number of rotatable bonds is 19. The minimum absolute atomic E-state index is 0.0537. The fourth-order valence-corrected chi connectivity index (χ4v) is 11.2. The second kappa shape index (κ2) is 19.9. The van der Waals surface area contributed by atoms with Crippen LogP contribution in [-0.4, -0.2) is 201 Å². The predicted octanol–water partition coefficient (Wildman–Crippen LogP) is -2.31. The van der Waals surface area contributed by atoms with Crippen LogP contribution < -0.4 is 33.2 Å². The molecule has 3 amide bonds. The minimum atomic E-state index is -1.21. The number of carboxylic acid groups (broad SMARTS) is 1. The summed E-state index contributed by atoms with van der Waals surface area (Å²) in [5.41, 5.74) is 18.7. The van der Waals surface area contributed by atoms with Crippen molar-refractivity contribution in [3.8, 4) is 0 Å². The van der Waals surface area contributed by atoms with Gasteiger partial charge in [0.15, 0.2) is 35.7 Å². The van der Waals surface area contributed by atoms with E-state index < -0.39 is 188 Å². The Labute approximate surface area is 400 Å². The first kappa shape index (κ1) is 52.5. The summed E-state index contributed by atoms with van der Waals surface area (Å²) in [6.07, 6.45) is -14.0. The molecule has 0 unspecified atom stereocenters. The molecule has 8 aliphatic rings. The Kier molecular flexibility index (Phi) is 15.1. The summed E-state index contributed by atoms with van der Waals surface area (Å²) in [6.45, 7) is 14.1. The highest BCUT2D eigenvalue weighted by atomic mass is 16.8. The predicted molar refractivity (Wildman–Crippen MR) is 232 cm³/mol. The molecular formula is C44H72N6O19. The van der Waals surface area contributed by atoms with E-state index in [1.54, 1.807) is 55.4 Å². The zero-order valence-corrected chi connectivity index (χ0v) is 40.8. The second-order valence-electron chi connectivity index (χ2n) is 20.8. The Hall–Kier alpha value is -2.80. The van der Waals surface area contributed by atoms with Crippen molar-refractivity contribution in [2.24, 2.45) is 17.2 Å². The van der Waals surface area contributed by atoms with Gasteiger partial charge in [-0.25, -0.2) is 0 Å². The number of carbonyl (C=O) groups excluding carboxylic acids is 3. The average Bonchev–Trinajstić information content (AvgIpc) is 4.11. The van der Waals surface area contributed by atoms with E-state index in [-0.39, 0.29) is 19.5 Å². The van der Waals surface area contributed by atoms with Crippen LogP contribution >= 0.6 is 0 Å². The van der Waals surface area contributed by atoms with Crippen LogP contribution in [0.5, 0.6) is 0 Å². The van der Waals surface area contributed by atoms with Gasteiger partial charge in [-0.05, 0) is 55.4 Å². The number of carbonyl (C=O) groups is 4. The number of amides is 3. The Morgan fingerprint density at radius 2 is 0.783 bits per heavy atom. The first-order valence-corrected chi connectivity index (χ1v) is 23.7. The number of fused-ring (bicyclic) bond motifs is 4. The van der Waals surface area contributed by atoms with Gasteiger partial charge in [0.25, 0.3) is 0 Å². The van der Waals surface area contributed by atoms with Gasteiger partial charge in [-0.2, -0.15) is 0 Å². The maximum absolute atomic E-state index is 14.7. The van der Waals surface area contributed by atoms with Crippen molar-refractivity contribution in [3.63, 3.8) is 0 Å². The molecule has 8 aliphatic heterocycles. The number of carboxylic acids is 1. The maximum atomic E-state index is 14.7. The SMILES string of the molecule is CO[C@H]1O[C@H]([C@H](CC(=O)N[C@H](CC(=O)N[C@@H](CC(=O)O)[C@H]2O[C@H](CN)[C@H]3OC(C)(C)O[C@@H]23)[C@H]2O[C@H](OC)[C@H]3OC(C)(C)O[C@H]32)NC(=O)C[C@@H](N)[C@H]2O[C@H](CN)[C@H]3OC(C)(C)O[C@@H]23)[C@@H]2OC(C)(C)O[C@H]12. The van der Waals surface area contributed by atoms with Crippen LogP contribution in [0.3, 0.4) is 0 Å². The molecular weight excluding hydrogens is 917 g/mol. The lowest BCUT2D eigenvalue weighted by Crippen LogP contribution is -2.56. The van der Waals surface area contributed by atoms with Crippen LogP contribution in [0.2, 0.25) is 0 Å². The molecule has 0 radical (unpaired) electrons. The van der Waals surface area contributed by atoms with E-state index in [9.17, 15) is 24.3 Å². The minimum Gasteiger partial charge on any atom is -0.481 e. The number of nitrogens with one attached hydrogen (secondary N) is 3. The van der Waals surface area contributed by atoms with Gasteiger partial charge in [0.05, 0.1) is 36.8 Å². The van der Waals surface area contributed by atoms with E-state index >= 15 is 0 Å². The molecule has 8 saturated heterocycles. The lowest BCUT2D eigenvalue weighted by Gasteiger charge is -2.32. The first-order chi connectivity index (χ1) is 32.3. The van der Waals surface area contributed by atoms with Crippen molar-refractivity contribution >= 4 is 23.7 Å². The van der Waals surface area contributed by atoms with Crippen LogP contribution in [0.25, 0.3) is 0 Å². The van der Waals surface area contributed by atoms with Gasteiger partial charge in [-0.15, -0.1) is 0 Å². The molecule has 0 bridgehead atoms. The van der Waals surface area contributed by atoms with E-state index in [1.807, 2.05) is 0 Å². The number of methoxy groups -OCH3 is 2. The maximum Gasteiger partial charge on any atom is 0.305 e. The van der Waals surface area contributed by atoms with Crippen molar-refractivity contribution in [2.75, 3.05) is 27.3 Å². The fraction of sp³-hybridized carbons (Fsp3) is 0.909. The van der Waals surface area contributed by atoms with Gasteiger partial charge in [-0.3, -0.25) is 19.2 Å². The Balaban J connectivity index is 1.03. The zero-order valence-electron chi connectivity index (χ0n) is 40.8. The molecule has 0 aromatic carbocycles. The van der Waals surface area contributed by atoms with Crippen LogP contribution in [-0.2, 0) is 85.5 Å². The molecule has 0 aromatic rings. The monoisotopic (exact) mass is 988 g/mol. The summed E-state index contributed by atoms with van der Waals surface area (Å²) in [6, 6.07) is -4.26. The van der Waals surface area contributed by atoms with Gasteiger partial charge in [0, 0.05) is 52.6 Å². The molecule has 0 spiro atoms. The van der Waals surface area contributed by atoms with Crippen LogP contribution in [0.1, 0.15) is 81.1 Å². The summed E-state index contributed by atoms with van der Waals surface area (Å²) in [5.74, 6) is -7.18. The second-order valence-corrected chi connectivity index (χ2v) is 20.8. The lowest BCUT2D eigenvalue weighted by molar-refractivity contribution is -0.230. The number of hydrogen-bond acceptors (Lipinski definition) is 21. The highest BCUT2D eigenvalue weighted by Gasteiger charge is 2.62. The molecule has 20 atom stereocenters. The van der Waals surface area contributed by atoms with Gasteiger partial charge in [-0.1, -0.05) is 0 Å². The third-order valence-electron chi connectivity index (χ3n) is 13.7. The molecule has 25 nitrogen and oxygen atoms in total. The van der Waals surface area contributed by atoms with Gasteiger partial charge in [0.2, 0.25) is 17.7 Å².